The highest BCUT2D eigenvalue weighted by molar-refractivity contribution is 5.67. The lowest BCUT2D eigenvalue weighted by Gasteiger charge is -2.08. The monoisotopic (exact) mass is 223 g/mol. The van der Waals surface area contributed by atoms with Crippen molar-refractivity contribution in [2.45, 2.75) is 20.5 Å². The molecular weight excluding hydrogens is 206 g/mol. The number of rotatable bonds is 4. The molecule has 0 saturated heterocycles. The summed E-state index contributed by atoms with van der Waals surface area (Å²) in [5, 5.41) is 11.8. The predicted octanol–water partition coefficient (Wildman–Crippen LogP) is 2.27. The number of amides is 1. The molecule has 1 amide bonds. The molecule has 1 aromatic carbocycles. The van der Waals surface area contributed by atoms with Gasteiger partial charge in [0, 0.05) is 6.54 Å². The zero-order valence-electron chi connectivity index (χ0n) is 9.56. The van der Waals surface area contributed by atoms with Gasteiger partial charge in [-0.15, -0.1) is 0 Å². The minimum atomic E-state index is -0.433. The molecule has 0 unspecified atom stereocenters. The molecule has 0 aliphatic rings. The highest BCUT2D eigenvalue weighted by atomic mass is 16.5. The van der Waals surface area contributed by atoms with Gasteiger partial charge in [-0.1, -0.05) is 26.0 Å². The van der Waals surface area contributed by atoms with E-state index in [1.165, 1.54) is 0 Å². The second kappa shape index (κ2) is 6.00. The summed E-state index contributed by atoms with van der Waals surface area (Å²) in [5.41, 5.74) is 0.764. The van der Waals surface area contributed by atoms with Gasteiger partial charge in [-0.2, -0.15) is 0 Å². The Morgan fingerprint density at radius 1 is 1.50 bits per heavy atom. The van der Waals surface area contributed by atoms with Gasteiger partial charge in [0.15, 0.2) is 0 Å². The van der Waals surface area contributed by atoms with Crippen LogP contribution in [0.25, 0.3) is 0 Å². The normalized spacial score (nSPS) is 10.2. The van der Waals surface area contributed by atoms with E-state index in [1.807, 2.05) is 13.8 Å². The van der Waals surface area contributed by atoms with Crippen molar-refractivity contribution in [3.63, 3.8) is 0 Å². The summed E-state index contributed by atoms with van der Waals surface area (Å²) >= 11 is 0. The van der Waals surface area contributed by atoms with Gasteiger partial charge in [0.25, 0.3) is 0 Å². The highest BCUT2D eigenvalue weighted by Gasteiger charge is 2.03. The summed E-state index contributed by atoms with van der Waals surface area (Å²) < 4.78 is 4.97. The minimum absolute atomic E-state index is 0.165. The van der Waals surface area contributed by atoms with Crippen molar-refractivity contribution in [1.82, 2.24) is 5.32 Å². The van der Waals surface area contributed by atoms with E-state index in [2.05, 4.69) is 5.32 Å². The van der Waals surface area contributed by atoms with E-state index in [-0.39, 0.29) is 12.4 Å². The smallest absolute Gasteiger partial charge is 0.407 e. The second-order valence-corrected chi connectivity index (χ2v) is 4.02. The number of hydrogen-bond acceptors (Lipinski definition) is 3. The van der Waals surface area contributed by atoms with Gasteiger partial charge in [0.05, 0.1) is 0 Å². The van der Waals surface area contributed by atoms with Crippen LogP contribution in [0.3, 0.4) is 0 Å². The maximum atomic E-state index is 11.2. The summed E-state index contributed by atoms with van der Waals surface area (Å²) in [6, 6.07) is 6.63. The Hall–Kier alpha value is -1.71. The topological polar surface area (TPSA) is 58.6 Å². The third-order valence-corrected chi connectivity index (χ3v) is 1.94. The molecule has 0 bridgehead atoms. The molecule has 2 N–H and O–H groups in total. The van der Waals surface area contributed by atoms with Crippen LogP contribution in [0.1, 0.15) is 19.4 Å². The van der Waals surface area contributed by atoms with Crippen molar-refractivity contribution in [3.8, 4) is 5.75 Å². The molecule has 1 rings (SSSR count). The maximum absolute atomic E-state index is 11.2. The van der Waals surface area contributed by atoms with E-state index in [4.69, 9.17) is 4.74 Å². The van der Waals surface area contributed by atoms with E-state index in [0.29, 0.717) is 12.5 Å². The summed E-state index contributed by atoms with van der Waals surface area (Å²) in [7, 11) is 0. The van der Waals surface area contributed by atoms with E-state index in [1.54, 1.807) is 24.3 Å². The average Bonchev–Trinajstić information content (AvgIpc) is 2.23. The van der Waals surface area contributed by atoms with Crippen molar-refractivity contribution < 1.29 is 14.6 Å². The van der Waals surface area contributed by atoms with E-state index < -0.39 is 6.09 Å². The van der Waals surface area contributed by atoms with Crippen LogP contribution in [-0.4, -0.2) is 17.7 Å². The Kier molecular flexibility index (Phi) is 4.64. The Morgan fingerprint density at radius 2 is 2.25 bits per heavy atom. The minimum Gasteiger partial charge on any atom is -0.508 e. The quantitative estimate of drug-likeness (QED) is 0.823. The first-order valence-corrected chi connectivity index (χ1v) is 5.26. The first-order chi connectivity index (χ1) is 7.58. The number of phenolic OH excluding ortho intramolecular Hbond substituents is 1. The number of hydrogen-bond donors (Lipinski definition) is 2. The molecular formula is C12H17NO3. The van der Waals surface area contributed by atoms with Crippen LogP contribution in [0.5, 0.6) is 5.75 Å². The molecule has 0 spiro atoms. The van der Waals surface area contributed by atoms with Crippen LogP contribution >= 0.6 is 0 Å². The first-order valence-electron chi connectivity index (χ1n) is 5.26. The van der Waals surface area contributed by atoms with Crippen LogP contribution in [0, 0.1) is 5.92 Å². The summed E-state index contributed by atoms with van der Waals surface area (Å²) in [4.78, 5) is 11.2. The zero-order chi connectivity index (χ0) is 12.0. The van der Waals surface area contributed by atoms with E-state index >= 15 is 0 Å². The van der Waals surface area contributed by atoms with Crippen molar-refractivity contribution in [1.29, 1.82) is 0 Å². The van der Waals surface area contributed by atoms with Gasteiger partial charge in [0.1, 0.15) is 12.4 Å². The zero-order valence-corrected chi connectivity index (χ0v) is 9.56. The standard InChI is InChI=1S/C12H17NO3/c1-9(2)7-13-12(15)16-8-10-4-3-5-11(14)6-10/h3-6,9,14H,7-8H2,1-2H3,(H,13,15). The van der Waals surface area contributed by atoms with Gasteiger partial charge in [-0.25, -0.2) is 4.79 Å². The Bertz CT molecular complexity index is 350. The van der Waals surface area contributed by atoms with Crippen LogP contribution in [0.4, 0.5) is 4.79 Å². The third-order valence-electron chi connectivity index (χ3n) is 1.94. The molecule has 0 aliphatic carbocycles. The summed E-state index contributed by atoms with van der Waals surface area (Å²) in [5.74, 6) is 0.567. The van der Waals surface area contributed by atoms with Gasteiger partial charge in [-0.3, -0.25) is 0 Å². The van der Waals surface area contributed by atoms with Crippen LogP contribution < -0.4 is 5.32 Å². The highest BCUT2D eigenvalue weighted by Crippen LogP contribution is 2.11. The molecule has 88 valence electrons. The molecule has 0 heterocycles. The number of benzene rings is 1. The van der Waals surface area contributed by atoms with Crippen LogP contribution in [0.15, 0.2) is 24.3 Å². The number of aromatic hydroxyl groups is 1. The molecule has 4 nitrogen and oxygen atoms in total. The Labute approximate surface area is 95.2 Å². The maximum Gasteiger partial charge on any atom is 0.407 e. The number of nitrogens with one attached hydrogen (secondary N) is 1. The van der Waals surface area contributed by atoms with Crippen LogP contribution in [0.2, 0.25) is 0 Å². The first kappa shape index (κ1) is 12.4. The molecule has 4 heteroatoms. The van der Waals surface area contributed by atoms with Gasteiger partial charge < -0.3 is 15.2 Å². The van der Waals surface area contributed by atoms with Crippen LogP contribution in [-0.2, 0) is 11.3 Å². The molecule has 0 radical (unpaired) electrons. The molecule has 0 atom stereocenters. The lowest BCUT2D eigenvalue weighted by atomic mass is 10.2. The number of ether oxygens (including phenoxy) is 1. The van der Waals surface area contributed by atoms with Gasteiger partial charge >= 0.3 is 6.09 Å². The average molecular weight is 223 g/mol. The van der Waals surface area contributed by atoms with E-state index in [9.17, 15) is 9.90 Å². The largest absolute Gasteiger partial charge is 0.508 e. The molecule has 1 aromatic rings. The fourth-order valence-electron chi connectivity index (χ4n) is 1.13. The Morgan fingerprint density at radius 3 is 2.88 bits per heavy atom. The molecule has 0 fully saturated rings. The van der Waals surface area contributed by atoms with E-state index in [0.717, 1.165) is 5.56 Å². The van der Waals surface area contributed by atoms with Gasteiger partial charge in [0.2, 0.25) is 0 Å². The number of alkyl carbamates (subject to hydrolysis) is 1. The summed E-state index contributed by atoms with van der Waals surface area (Å²) in [6.07, 6.45) is -0.433. The van der Waals surface area contributed by atoms with Crippen molar-refractivity contribution in [3.05, 3.63) is 29.8 Å². The number of phenols is 1. The number of carbonyl (C=O) groups is 1. The van der Waals surface area contributed by atoms with Gasteiger partial charge in [-0.05, 0) is 23.6 Å². The molecule has 0 aromatic heterocycles. The van der Waals surface area contributed by atoms with Crippen molar-refractivity contribution in [2.75, 3.05) is 6.54 Å². The SMILES string of the molecule is CC(C)CNC(=O)OCc1cccc(O)c1. The Balaban J connectivity index is 2.31. The van der Waals surface area contributed by atoms with Crippen molar-refractivity contribution >= 4 is 6.09 Å². The predicted molar refractivity (Wildman–Crippen MR) is 61.1 cm³/mol. The van der Waals surface area contributed by atoms with Crippen molar-refractivity contribution in [2.24, 2.45) is 5.92 Å². The lowest BCUT2D eigenvalue weighted by Crippen LogP contribution is -2.27. The molecule has 0 aliphatic heterocycles. The lowest BCUT2D eigenvalue weighted by molar-refractivity contribution is 0.138. The fraction of sp³-hybridized carbons (Fsp3) is 0.417. The molecule has 0 saturated carbocycles. The third kappa shape index (κ3) is 4.68. The second-order valence-electron chi connectivity index (χ2n) is 4.02. The fourth-order valence-corrected chi connectivity index (χ4v) is 1.13. The summed E-state index contributed by atoms with van der Waals surface area (Å²) in [6.45, 7) is 4.78. The molecule has 16 heavy (non-hydrogen) atoms. The number of carbonyl (C=O) groups excluding carboxylic acids is 1.